The van der Waals surface area contributed by atoms with Gasteiger partial charge in [-0.25, -0.2) is 0 Å². The summed E-state index contributed by atoms with van der Waals surface area (Å²) in [6, 6.07) is 15.2. The molecule has 1 nitrogen and oxygen atoms in total. The van der Waals surface area contributed by atoms with E-state index in [-0.39, 0.29) is 0 Å². The summed E-state index contributed by atoms with van der Waals surface area (Å²) in [6.07, 6.45) is 0.559. The van der Waals surface area contributed by atoms with Crippen molar-refractivity contribution in [2.24, 2.45) is 0 Å². The molecule has 0 unspecified atom stereocenters. The minimum absolute atomic E-state index is 0.558. The van der Waals surface area contributed by atoms with Crippen LogP contribution in [0.15, 0.2) is 42.5 Å². The van der Waals surface area contributed by atoms with Crippen LogP contribution in [0.2, 0.25) is 5.32 Å². The van der Waals surface area contributed by atoms with Crippen molar-refractivity contribution in [2.75, 3.05) is 6.61 Å². The molecule has 2 heteroatoms. The van der Waals surface area contributed by atoms with Crippen LogP contribution in [0.1, 0.15) is 0 Å². The van der Waals surface area contributed by atoms with Gasteiger partial charge in [0.15, 0.2) is 0 Å². The molecule has 3 rings (SSSR count). The second kappa shape index (κ2) is 3.97. The molecule has 0 N–H and O–H groups in total. The average Bonchev–Trinajstić information content (AvgIpc) is 3.10. The van der Waals surface area contributed by atoms with E-state index in [2.05, 4.69) is 42.5 Å². The SMILES string of the molecule is c1ccc2c([Se]C[C@H]3CO3)cccc2c1. The Morgan fingerprint density at radius 3 is 2.80 bits per heavy atom. The van der Waals surface area contributed by atoms with Gasteiger partial charge in [0.1, 0.15) is 0 Å². The van der Waals surface area contributed by atoms with E-state index in [1.807, 2.05) is 0 Å². The molecule has 1 atom stereocenters. The van der Waals surface area contributed by atoms with E-state index in [4.69, 9.17) is 4.74 Å². The summed E-state index contributed by atoms with van der Waals surface area (Å²) in [5.74, 6) is 0. The average molecular weight is 263 g/mol. The molecular formula is C13H12OSe. The predicted octanol–water partition coefficient (Wildman–Crippen LogP) is 1.99. The normalized spacial score (nSPS) is 19.3. The molecule has 15 heavy (non-hydrogen) atoms. The van der Waals surface area contributed by atoms with Crippen LogP contribution in [-0.2, 0) is 4.74 Å². The Hall–Kier alpha value is -0.821. The van der Waals surface area contributed by atoms with Crippen LogP contribution in [0, 0.1) is 0 Å². The van der Waals surface area contributed by atoms with Crippen LogP contribution in [0.5, 0.6) is 0 Å². The summed E-state index contributed by atoms with van der Waals surface area (Å²) in [5, 5.41) is 4.00. The van der Waals surface area contributed by atoms with Crippen LogP contribution >= 0.6 is 0 Å². The zero-order valence-electron chi connectivity index (χ0n) is 8.35. The number of hydrogen-bond donors (Lipinski definition) is 0. The molecule has 1 fully saturated rings. The van der Waals surface area contributed by atoms with E-state index in [0.717, 1.165) is 6.61 Å². The molecule has 0 aliphatic carbocycles. The Balaban J connectivity index is 1.93. The third-order valence-corrected chi connectivity index (χ3v) is 5.11. The van der Waals surface area contributed by atoms with Crippen LogP contribution in [0.3, 0.4) is 0 Å². The summed E-state index contributed by atoms with van der Waals surface area (Å²) in [4.78, 5) is 0. The van der Waals surface area contributed by atoms with Crippen molar-refractivity contribution in [1.82, 2.24) is 0 Å². The van der Waals surface area contributed by atoms with Crippen molar-refractivity contribution >= 4 is 30.2 Å². The number of epoxide rings is 1. The number of rotatable bonds is 3. The molecule has 0 aromatic heterocycles. The molecule has 76 valence electrons. The predicted molar refractivity (Wildman–Crippen MR) is 63.9 cm³/mol. The summed E-state index contributed by atoms with van der Waals surface area (Å²) >= 11 is 0.558. The van der Waals surface area contributed by atoms with E-state index in [0.29, 0.717) is 21.1 Å². The third kappa shape index (κ3) is 2.07. The number of benzene rings is 2. The van der Waals surface area contributed by atoms with Crippen LogP contribution in [0.4, 0.5) is 0 Å². The van der Waals surface area contributed by atoms with E-state index in [9.17, 15) is 0 Å². The van der Waals surface area contributed by atoms with Crippen LogP contribution < -0.4 is 4.46 Å². The molecule has 0 radical (unpaired) electrons. The van der Waals surface area contributed by atoms with E-state index >= 15 is 0 Å². The standard InChI is InChI=1S/C13H12OSe/c1-2-6-12-10(4-1)5-3-7-13(12)15-9-11-8-14-11/h1-7,11H,8-9H2/t11-/m1/s1. The fraction of sp³-hybridized carbons (Fsp3) is 0.231. The second-order valence-electron chi connectivity index (χ2n) is 3.74. The summed E-state index contributed by atoms with van der Waals surface area (Å²) in [6.45, 7) is 0.979. The minimum atomic E-state index is 0.558. The monoisotopic (exact) mass is 264 g/mol. The quantitative estimate of drug-likeness (QED) is 0.609. The Bertz CT molecular complexity index is 471. The van der Waals surface area contributed by atoms with E-state index in [1.54, 1.807) is 0 Å². The first kappa shape index (κ1) is 9.41. The fourth-order valence-electron chi connectivity index (χ4n) is 1.67. The molecule has 2 aromatic carbocycles. The van der Waals surface area contributed by atoms with Crippen molar-refractivity contribution in [3.8, 4) is 0 Å². The molecule has 0 saturated carbocycles. The van der Waals surface area contributed by atoms with Crippen LogP contribution in [0.25, 0.3) is 10.8 Å². The van der Waals surface area contributed by atoms with Gasteiger partial charge in [0.05, 0.1) is 0 Å². The first-order valence-electron chi connectivity index (χ1n) is 5.16. The van der Waals surface area contributed by atoms with Crippen molar-refractivity contribution < 1.29 is 4.74 Å². The van der Waals surface area contributed by atoms with E-state index in [1.165, 1.54) is 20.6 Å². The fourth-order valence-corrected chi connectivity index (χ4v) is 3.92. The van der Waals surface area contributed by atoms with Gasteiger partial charge in [-0.3, -0.25) is 0 Å². The first-order chi connectivity index (χ1) is 7.43. The van der Waals surface area contributed by atoms with Gasteiger partial charge in [-0.1, -0.05) is 0 Å². The zero-order valence-corrected chi connectivity index (χ0v) is 10.1. The molecule has 0 amide bonds. The molecule has 1 aliphatic rings. The Labute approximate surface area is 95.6 Å². The van der Waals surface area contributed by atoms with Crippen molar-refractivity contribution in [3.05, 3.63) is 42.5 Å². The molecular weight excluding hydrogens is 251 g/mol. The maximum atomic E-state index is 5.26. The van der Waals surface area contributed by atoms with Gasteiger partial charge in [-0.05, 0) is 0 Å². The van der Waals surface area contributed by atoms with Crippen molar-refractivity contribution in [1.29, 1.82) is 0 Å². The number of fused-ring (bicyclic) bond motifs is 1. The summed E-state index contributed by atoms with van der Waals surface area (Å²) < 4.78 is 6.77. The van der Waals surface area contributed by atoms with Crippen LogP contribution in [-0.4, -0.2) is 27.7 Å². The molecule has 0 bridgehead atoms. The maximum absolute atomic E-state index is 5.26. The summed E-state index contributed by atoms with van der Waals surface area (Å²) in [5.41, 5.74) is 0. The number of ether oxygens (including phenoxy) is 1. The van der Waals surface area contributed by atoms with Gasteiger partial charge < -0.3 is 0 Å². The Morgan fingerprint density at radius 1 is 1.13 bits per heavy atom. The molecule has 0 spiro atoms. The third-order valence-electron chi connectivity index (χ3n) is 2.58. The van der Waals surface area contributed by atoms with Gasteiger partial charge in [0, 0.05) is 0 Å². The van der Waals surface area contributed by atoms with Gasteiger partial charge >= 0.3 is 95.4 Å². The number of hydrogen-bond acceptors (Lipinski definition) is 1. The molecule has 1 saturated heterocycles. The van der Waals surface area contributed by atoms with Crippen molar-refractivity contribution in [3.63, 3.8) is 0 Å². The Morgan fingerprint density at radius 2 is 1.93 bits per heavy atom. The first-order valence-corrected chi connectivity index (χ1v) is 7.22. The topological polar surface area (TPSA) is 12.5 Å². The summed E-state index contributed by atoms with van der Waals surface area (Å²) in [7, 11) is 0. The van der Waals surface area contributed by atoms with Gasteiger partial charge in [0.25, 0.3) is 0 Å². The van der Waals surface area contributed by atoms with E-state index < -0.39 is 0 Å². The molecule has 1 heterocycles. The van der Waals surface area contributed by atoms with Gasteiger partial charge in [0.2, 0.25) is 0 Å². The van der Waals surface area contributed by atoms with Gasteiger partial charge in [-0.15, -0.1) is 0 Å². The molecule has 1 aliphatic heterocycles. The van der Waals surface area contributed by atoms with Gasteiger partial charge in [-0.2, -0.15) is 0 Å². The zero-order chi connectivity index (χ0) is 10.1. The second-order valence-corrected chi connectivity index (χ2v) is 5.97. The molecule has 2 aromatic rings. The van der Waals surface area contributed by atoms with Crippen molar-refractivity contribution in [2.45, 2.75) is 11.4 Å². The Kier molecular flexibility index (Phi) is 2.49.